The second-order valence-electron chi connectivity index (χ2n) is 2.82. The van der Waals surface area contributed by atoms with E-state index in [9.17, 15) is 9.18 Å². The number of aromatic nitrogens is 2. The number of nitrogens with zero attached hydrogens (tertiary/aromatic N) is 2. The Morgan fingerprint density at radius 3 is 3.00 bits per heavy atom. The van der Waals surface area contributed by atoms with Crippen molar-refractivity contribution in [2.45, 2.75) is 0 Å². The molecule has 0 saturated carbocycles. The minimum Gasteiger partial charge on any atom is -0.298 e. The van der Waals surface area contributed by atoms with Crippen LogP contribution in [0.5, 0.6) is 0 Å². The van der Waals surface area contributed by atoms with Crippen LogP contribution in [-0.2, 0) is 7.05 Å². The van der Waals surface area contributed by atoms with Crippen molar-refractivity contribution in [3.05, 3.63) is 29.7 Å². The van der Waals surface area contributed by atoms with Gasteiger partial charge in [0.05, 0.1) is 0 Å². The summed E-state index contributed by atoms with van der Waals surface area (Å²) in [7, 11) is 1.69. The van der Waals surface area contributed by atoms with E-state index >= 15 is 0 Å². The SMILES string of the molecule is Cn1cc2c(C=O)ccc(F)c2n1. The number of carbonyl (C=O) groups is 1. The first-order chi connectivity index (χ1) is 6.22. The molecule has 1 heterocycles. The van der Waals surface area contributed by atoms with Gasteiger partial charge in [0.25, 0.3) is 0 Å². The lowest BCUT2D eigenvalue weighted by atomic mass is 10.1. The first-order valence-corrected chi connectivity index (χ1v) is 3.79. The maximum absolute atomic E-state index is 13.1. The zero-order valence-corrected chi connectivity index (χ0v) is 6.99. The summed E-state index contributed by atoms with van der Waals surface area (Å²) in [6.45, 7) is 0. The zero-order valence-electron chi connectivity index (χ0n) is 6.99. The summed E-state index contributed by atoms with van der Waals surface area (Å²) < 4.78 is 14.6. The molecule has 0 spiro atoms. The van der Waals surface area contributed by atoms with E-state index < -0.39 is 5.82 Å². The summed E-state index contributed by atoms with van der Waals surface area (Å²) in [6.07, 6.45) is 2.32. The number of halogens is 1. The van der Waals surface area contributed by atoms with E-state index in [1.54, 1.807) is 13.2 Å². The zero-order chi connectivity index (χ0) is 9.42. The van der Waals surface area contributed by atoms with Crippen LogP contribution in [0.15, 0.2) is 18.3 Å². The normalized spacial score (nSPS) is 10.6. The van der Waals surface area contributed by atoms with Gasteiger partial charge in [-0.2, -0.15) is 5.10 Å². The van der Waals surface area contributed by atoms with Gasteiger partial charge in [-0.1, -0.05) is 0 Å². The van der Waals surface area contributed by atoms with Gasteiger partial charge in [0, 0.05) is 24.2 Å². The molecular weight excluding hydrogens is 171 g/mol. The van der Waals surface area contributed by atoms with Crippen molar-refractivity contribution in [2.24, 2.45) is 7.05 Å². The van der Waals surface area contributed by atoms with Crippen LogP contribution in [0.2, 0.25) is 0 Å². The quantitative estimate of drug-likeness (QED) is 0.620. The van der Waals surface area contributed by atoms with E-state index in [1.807, 2.05) is 0 Å². The molecule has 0 saturated heterocycles. The van der Waals surface area contributed by atoms with E-state index in [0.717, 1.165) is 0 Å². The molecule has 0 aliphatic carbocycles. The third-order valence-corrected chi connectivity index (χ3v) is 1.90. The molecule has 0 fully saturated rings. The first-order valence-electron chi connectivity index (χ1n) is 3.79. The van der Waals surface area contributed by atoms with Gasteiger partial charge < -0.3 is 0 Å². The Balaban J connectivity index is 2.91. The topological polar surface area (TPSA) is 34.9 Å². The molecule has 1 aromatic heterocycles. The fraction of sp³-hybridized carbons (Fsp3) is 0.111. The molecule has 0 radical (unpaired) electrons. The Bertz CT molecular complexity index is 476. The molecule has 66 valence electrons. The molecule has 0 N–H and O–H groups in total. The van der Waals surface area contributed by atoms with E-state index in [0.29, 0.717) is 17.2 Å². The molecule has 0 amide bonds. The van der Waals surface area contributed by atoms with Crippen molar-refractivity contribution in [2.75, 3.05) is 0 Å². The van der Waals surface area contributed by atoms with Crippen molar-refractivity contribution in [3.8, 4) is 0 Å². The molecule has 1 aromatic carbocycles. The van der Waals surface area contributed by atoms with Gasteiger partial charge in [-0.3, -0.25) is 9.48 Å². The van der Waals surface area contributed by atoms with Crippen LogP contribution in [0.25, 0.3) is 10.9 Å². The van der Waals surface area contributed by atoms with Gasteiger partial charge in [0.1, 0.15) is 5.52 Å². The van der Waals surface area contributed by atoms with Crippen LogP contribution in [0.1, 0.15) is 10.4 Å². The summed E-state index contributed by atoms with van der Waals surface area (Å²) in [6, 6.07) is 2.70. The lowest BCUT2D eigenvalue weighted by molar-refractivity contribution is 0.112. The van der Waals surface area contributed by atoms with Crippen LogP contribution in [-0.4, -0.2) is 16.1 Å². The van der Waals surface area contributed by atoms with Gasteiger partial charge in [-0.05, 0) is 12.1 Å². The van der Waals surface area contributed by atoms with Gasteiger partial charge >= 0.3 is 0 Å². The molecular formula is C9H7FN2O. The second-order valence-corrected chi connectivity index (χ2v) is 2.82. The summed E-state index contributed by atoms with van der Waals surface area (Å²) in [5, 5.41) is 4.46. The maximum Gasteiger partial charge on any atom is 0.151 e. The number of aryl methyl sites for hydroxylation is 1. The lowest BCUT2D eigenvalue weighted by Gasteiger charge is -1.92. The van der Waals surface area contributed by atoms with Crippen LogP contribution in [0, 0.1) is 5.82 Å². The Morgan fingerprint density at radius 2 is 2.31 bits per heavy atom. The molecule has 0 atom stereocenters. The molecule has 4 heteroatoms. The number of benzene rings is 1. The monoisotopic (exact) mass is 178 g/mol. The van der Waals surface area contributed by atoms with E-state index in [2.05, 4.69) is 5.10 Å². The lowest BCUT2D eigenvalue weighted by Crippen LogP contribution is -1.86. The van der Waals surface area contributed by atoms with Crippen LogP contribution in [0.4, 0.5) is 4.39 Å². The Hall–Kier alpha value is -1.71. The van der Waals surface area contributed by atoms with Crippen molar-refractivity contribution in [1.82, 2.24) is 9.78 Å². The van der Waals surface area contributed by atoms with Gasteiger partial charge in [0.2, 0.25) is 0 Å². The number of aldehydes is 1. The highest BCUT2D eigenvalue weighted by molar-refractivity contribution is 5.96. The van der Waals surface area contributed by atoms with Gasteiger partial charge in [-0.25, -0.2) is 4.39 Å². The minimum atomic E-state index is -0.402. The second kappa shape index (κ2) is 2.65. The number of rotatable bonds is 1. The Kier molecular flexibility index (Phi) is 1.62. The standard InChI is InChI=1S/C9H7FN2O/c1-12-4-7-6(5-13)2-3-8(10)9(7)11-12/h2-5H,1H3. The van der Waals surface area contributed by atoms with Crippen molar-refractivity contribution in [3.63, 3.8) is 0 Å². The maximum atomic E-state index is 13.1. The molecule has 0 aliphatic heterocycles. The van der Waals surface area contributed by atoms with E-state index in [-0.39, 0.29) is 5.52 Å². The Morgan fingerprint density at radius 1 is 1.54 bits per heavy atom. The fourth-order valence-corrected chi connectivity index (χ4v) is 1.31. The summed E-state index contributed by atoms with van der Waals surface area (Å²) in [5.41, 5.74) is 0.705. The first kappa shape index (κ1) is 7.91. The Labute approximate surface area is 73.8 Å². The number of hydrogen-bond acceptors (Lipinski definition) is 2. The van der Waals surface area contributed by atoms with Gasteiger partial charge in [-0.15, -0.1) is 0 Å². The number of hydrogen-bond donors (Lipinski definition) is 0. The van der Waals surface area contributed by atoms with Crippen molar-refractivity contribution < 1.29 is 9.18 Å². The molecule has 0 bridgehead atoms. The fourth-order valence-electron chi connectivity index (χ4n) is 1.31. The minimum absolute atomic E-state index is 0.243. The van der Waals surface area contributed by atoms with Crippen molar-refractivity contribution in [1.29, 1.82) is 0 Å². The predicted molar refractivity (Wildman–Crippen MR) is 46.1 cm³/mol. The van der Waals surface area contributed by atoms with Gasteiger partial charge in [0.15, 0.2) is 12.1 Å². The van der Waals surface area contributed by atoms with E-state index in [4.69, 9.17) is 0 Å². The molecule has 3 nitrogen and oxygen atoms in total. The molecule has 0 aliphatic rings. The largest absolute Gasteiger partial charge is 0.298 e. The summed E-state index contributed by atoms with van der Waals surface area (Å²) in [5.74, 6) is -0.402. The molecule has 2 aromatic rings. The molecule has 13 heavy (non-hydrogen) atoms. The third kappa shape index (κ3) is 1.11. The molecule has 0 unspecified atom stereocenters. The number of fused-ring (bicyclic) bond motifs is 1. The van der Waals surface area contributed by atoms with Crippen LogP contribution < -0.4 is 0 Å². The van der Waals surface area contributed by atoms with Crippen LogP contribution >= 0.6 is 0 Å². The molecule has 2 rings (SSSR count). The smallest absolute Gasteiger partial charge is 0.151 e. The number of carbonyl (C=O) groups excluding carboxylic acids is 1. The summed E-state index contributed by atoms with van der Waals surface area (Å²) >= 11 is 0. The average Bonchev–Trinajstić information content (AvgIpc) is 2.48. The third-order valence-electron chi connectivity index (χ3n) is 1.90. The highest BCUT2D eigenvalue weighted by Crippen LogP contribution is 2.18. The van der Waals surface area contributed by atoms with Crippen LogP contribution in [0.3, 0.4) is 0 Å². The predicted octanol–water partition coefficient (Wildman–Crippen LogP) is 1.52. The summed E-state index contributed by atoms with van der Waals surface area (Å²) in [4.78, 5) is 10.6. The van der Waals surface area contributed by atoms with E-state index in [1.165, 1.54) is 16.8 Å². The highest BCUT2D eigenvalue weighted by atomic mass is 19.1. The van der Waals surface area contributed by atoms with Crippen molar-refractivity contribution >= 4 is 17.2 Å². The highest BCUT2D eigenvalue weighted by Gasteiger charge is 2.08. The average molecular weight is 178 g/mol.